The molecule has 0 saturated heterocycles. The Morgan fingerprint density at radius 1 is 1.31 bits per heavy atom. The Labute approximate surface area is 74.8 Å². The summed E-state index contributed by atoms with van der Waals surface area (Å²) in [4.78, 5) is 4.32. The molecule has 0 bridgehead atoms. The van der Waals surface area contributed by atoms with Gasteiger partial charge in [0.05, 0.1) is 11.0 Å². The van der Waals surface area contributed by atoms with Gasteiger partial charge in [-0.15, -0.1) is 0 Å². The fourth-order valence-corrected chi connectivity index (χ4v) is 1.68. The van der Waals surface area contributed by atoms with Gasteiger partial charge in [-0.1, -0.05) is 0 Å². The van der Waals surface area contributed by atoms with Crippen LogP contribution in [0.4, 0.5) is 0 Å². The van der Waals surface area contributed by atoms with Gasteiger partial charge in [0.25, 0.3) is 0 Å². The molecular weight excluding hydrogens is 162 g/mol. The zero-order valence-corrected chi connectivity index (χ0v) is 7.26. The minimum absolute atomic E-state index is 1.07. The Kier molecular flexibility index (Phi) is 1.10. The molecule has 2 N–H and O–H groups in total. The van der Waals surface area contributed by atoms with Crippen LogP contribution in [0.25, 0.3) is 21.8 Å². The Balaban J connectivity index is 2.59. The van der Waals surface area contributed by atoms with Crippen LogP contribution < -0.4 is 0 Å². The van der Waals surface area contributed by atoms with Gasteiger partial charge in [0.1, 0.15) is 0 Å². The van der Waals surface area contributed by atoms with Gasteiger partial charge in [0, 0.05) is 23.2 Å². The summed E-state index contributed by atoms with van der Waals surface area (Å²) in [5.74, 6) is 0. The van der Waals surface area contributed by atoms with Crippen molar-refractivity contribution >= 4 is 21.8 Å². The first-order valence-corrected chi connectivity index (χ1v) is 4.25. The molecule has 0 aliphatic carbocycles. The van der Waals surface area contributed by atoms with Crippen molar-refractivity contribution in [2.75, 3.05) is 0 Å². The van der Waals surface area contributed by atoms with Gasteiger partial charge < -0.3 is 10.2 Å². The summed E-state index contributed by atoms with van der Waals surface area (Å²) in [6.07, 6.45) is 3.85. The second-order valence-electron chi connectivity index (χ2n) is 3.31. The highest BCUT2D eigenvalue weighted by Crippen LogP contribution is 2.22. The number of fused-ring (bicyclic) bond motifs is 2. The van der Waals surface area contributed by atoms with Crippen molar-refractivity contribution in [2.45, 2.75) is 6.92 Å². The van der Waals surface area contributed by atoms with Crippen LogP contribution in [-0.4, -0.2) is 15.2 Å². The molecule has 0 atom stereocenters. The molecule has 0 aliphatic heterocycles. The molecule has 3 rings (SSSR count). The number of aromatic nitrogens is 3. The fourth-order valence-electron chi connectivity index (χ4n) is 1.68. The molecule has 0 radical (unpaired) electrons. The predicted molar refractivity (Wildman–Crippen MR) is 52.7 cm³/mol. The van der Waals surface area contributed by atoms with Crippen molar-refractivity contribution < 1.29 is 0 Å². The van der Waals surface area contributed by atoms with E-state index in [-0.39, 0.29) is 0 Å². The molecule has 0 amide bonds. The van der Waals surface area contributed by atoms with E-state index in [0.717, 1.165) is 11.0 Å². The number of hydrogen-bond acceptors (Lipinski definition) is 1. The average Bonchev–Trinajstić information content (AvgIpc) is 2.70. The number of nitrogens with zero attached hydrogens (tertiary/aromatic N) is 1. The number of rotatable bonds is 0. The number of H-pyrrole nitrogens is 2. The minimum Gasteiger partial charge on any atom is -0.307 e. The van der Waals surface area contributed by atoms with Gasteiger partial charge in [-0.3, -0.25) is 4.98 Å². The van der Waals surface area contributed by atoms with Crippen LogP contribution >= 0.6 is 0 Å². The van der Waals surface area contributed by atoms with Gasteiger partial charge in [-0.05, 0) is 24.6 Å². The highest BCUT2D eigenvalue weighted by molar-refractivity contribution is 5.96. The van der Waals surface area contributed by atoms with E-state index < -0.39 is 0 Å². The van der Waals surface area contributed by atoms with Crippen LogP contribution in [0.1, 0.15) is 5.56 Å². The molecule has 0 saturated carbocycles. The third-order valence-corrected chi connectivity index (χ3v) is 2.42. The van der Waals surface area contributed by atoms with E-state index in [4.69, 9.17) is 0 Å². The summed E-state index contributed by atoms with van der Waals surface area (Å²) in [6.45, 7) is 2.08. The van der Waals surface area contributed by atoms with Gasteiger partial charge in [0.2, 0.25) is 0 Å². The Hall–Kier alpha value is -1.77. The quantitative estimate of drug-likeness (QED) is 0.535. The lowest BCUT2D eigenvalue weighted by Gasteiger charge is -1.91. The van der Waals surface area contributed by atoms with Crippen molar-refractivity contribution in [3.05, 3.63) is 30.1 Å². The molecule has 2 heterocycles. The van der Waals surface area contributed by atoms with E-state index >= 15 is 0 Å². The molecule has 2 aromatic heterocycles. The highest BCUT2D eigenvalue weighted by atomic mass is 15.1. The molecule has 3 heteroatoms. The monoisotopic (exact) mass is 171 g/mol. The molecular formula is C10H9N3. The van der Waals surface area contributed by atoms with Gasteiger partial charge in [-0.2, -0.15) is 0 Å². The summed E-state index contributed by atoms with van der Waals surface area (Å²) < 4.78 is 0. The van der Waals surface area contributed by atoms with Crippen molar-refractivity contribution in [1.29, 1.82) is 0 Å². The maximum absolute atomic E-state index is 4.32. The Morgan fingerprint density at radius 2 is 2.23 bits per heavy atom. The number of hydrogen-bond donors (Lipinski definition) is 2. The molecule has 0 unspecified atom stereocenters. The molecule has 0 aliphatic rings. The van der Waals surface area contributed by atoms with Crippen LogP contribution in [-0.2, 0) is 0 Å². The summed E-state index contributed by atoms with van der Waals surface area (Å²) in [5, 5.41) is 8.44. The smallest absolute Gasteiger partial charge is 0.0713 e. The van der Waals surface area contributed by atoms with Crippen molar-refractivity contribution in [3.8, 4) is 0 Å². The second kappa shape index (κ2) is 2.13. The average molecular weight is 171 g/mol. The number of aromatic amines is 2. The van der Waals surface area contributed by atoms with Crippen molar-refractivity contribution in [3.63, 3.8) is 0 Å². The molecule has 0 fully saturated rings. The standard InChI is InChI=1S/C10H9N3/c1-6-4-11-10-2-7-5-12-13-9(7)3-8(6)10/h2-5,12-13H,1H3. The molecule has 13 heavy (non-hydrogen) atoms. The van der Waals surface area contributed by atoms with E-state index in [1.807, 2.05) is 12.4 Å². The van der Waals surface area contributed by atoms with E-state index in [2.05, 4.69) is 34.2 Å². The summed E-state index contributed by atoms with van der Waals surface area (Å²) in [7, 11) is 0. The van der Waals surface area contributed by atoms with E-state index in [0.29, 0.717) is 0 Å². The molecule has 64 valence electrons. The van der Waals surface area contributed by atoms with Crippen LogP contribution in [0, 0.1) is 6.92 Å². The van der Waals surface area contributed by atoms with Crippen LogP contribution in [0.3, 0.4) is 0 Å². The molecule has 1 aromatic carbocycles. The van der Waals surface area contributed by atoms with Gasteiger partial charge in [0.15, 0.2) is 0 Å². The first kappa shape index (κ1) is 6.71. The topological polar surface area (TPSA) is 44.5 Å². The van der Waals surface area contributed by atoms with Crippen LogP contribution in [0.2, 0.25) is 0 Å². The van der Waals surface area contributed by atoms with Gasteiger partial charge >= 0.3 is 0 Å². The van der Waals surface area contributed by atoms with Crippen LogP contribution in [0.15, 0.2) is 24.5 Å². The lowest BCUT2D eigenvalue weighted by Crippen LogP contribution is -1.71. The number of benzene rings is 1. The zero-order valence-electron chi connectivity index (χ0n) is 7.26. The normalized spacial score (nSPS) is 11.5. The van der Waals surface area contributed by atoms with Crippen molar-refractivity contribution in [1.82, 2.24) is 15.2 Å². The third kappa shape index (κ3) is 0.811. The summed E-state index contributed by atoms with van der Waals surface area (Å²) in [5.41, 5.74) is 3.42. The summed E-state index contributed by atoms with van der Waals surface area (Å²) in [6, 6.07) is 4.22. The lowest BCUT2D eigenvalue weighted by atomic mass is 10.1. The molecule has 3 nitrogen and oxygen atoms in total. The third-order valence-electron chi connectivity index (χ3n) is 2.42. The number of nitrogens with one attached hydrogen (secondary N) is 2. The lowest BCUT2D eigenvalue weighted by molar-refractivity contribution is 1.12. The number of aryl methyl sites for hydroxylation is 1. The largest absolute Gasteiger partial charge is 0.307 e. The second-order valence-corrected chi connectivity index (χ2v) is 3.31. The van der Waals surface area contributed by atoms with Crippen LogP contribution in [0.5, 0.6) is 0 Å². The SMILES string of the molecule is Cc1cnc2cc3c[nH][nH]c3cc12. The first-order chi connectivity index (χ1) is 6.34. The Bertz CT molecular complexity index is 574. The zero-order chi connectivity index (χ0) is 8.84. The van der Waals surface area contributed by atoms with E-state index in [1.54, 1.807) is 0 Å². The van der Waals surface area contributed by atoms with Gasteiger partial charge in [-0.25, -0.2) is 0 Å². The maximum atomic E-state index is 4.32. The molecule has 0 spiro atoms. The maximum Gasteiger partial charge on any atom is 0.0713 e. The summed E-state index contributed by atoms with van der Waals surface area (Å²) >= 11 is 0. The van der Waals surface area contributed by atoms with Crippen molar-refractivity contribution in [2.24, 2.45) is 0 Å². The molecule has 3 aromatic rings. The van der Waals surface area contributed by atoms with E-state index in [9.17, 15) is 0 Å². The van der Waals surface area contributed by atoms with E-state index in [1.165, 1.54) is 16.3 Å². The minimum atomic E-state index is 1.07. The highest BCUT2D eigenvalue weighted by Gasteiger charge is 2.02. The predicted octanol–water partition coefficient (Wildman–Crippen LogP) is 2.35. The Morgan fingerprint density at radius 3 is 3.15 bits per heavy atom. The first-order valence-electron chi connectivity index (χ1n) is 4.25. The fraction of sp³-hybridized carbons (Fsp3) is 0.100.